The topological polar surface area (TPSA) is 51.0 Å². The van der Waals surface area contributed by atoms with Gasteiger partial charge in [0.25, 0.3) is 0 Å². The van der Waals surface area contributed by atoms with Gasteiger partial charge in [0.1, 0.15) is 0 Å². The largest absolute Gasteiger partial charge is 0.408 e. The minimum Gasteiger partial charge on any atom is -0.408 e. The van der Waals surface area contributed by atoms with Crippen LogP contribution in [-0.2, 0) is 0 Å². The Kier molecular flexibility index (Phi) is 2.48. The van der Waals surface area contributed by atoms with Crippen LogP contribution in [0.15, 0.2) is 16.0 Å². The molecule has 0 aliphatic carbocycles. The molecular formula is C6H8ClN3O. The second-order valence-electron chi connectivity index (χ2n) is 2.00. The third kappa shape index (κ3) is 2.59. The molecule has 0 saturated carbocycles. The highest BCUT2D eigenvalue weighted by atomic mass is 35.5. The first kappa shape index (κ1) is 8.07. The number of nitrogens with one attached hydrogen (secondary N) is 1. The predicted molar refractivity (Wildman–Crippen MR) is 42.5 cm³/mol. The van der Waals surface area contributed by atoms with Crippen molar-refractivity contribution in [3.05, 3.63) is 17.5 Å². The van der Waals surface area contributed by atoms with Crippen molar-refractivity contribution in [2.75, 3.05) is 11.9 Å². The van der Waals surface area contributed by atoms with Gasteiger partial charge in [0.2, 0.25) is 5.89 Å². The quantitative estimate of drug-likeness (QED) is 0.754. The maximum Gasteiger partial charge on any atom is 0.315 e. The molecule has 0 atom stereocenters. The molecule has 5 heteroatoms. The number of aryl methyl sites for hydroxylation is 1. The van der Waals surface area contributed by atoms with Gasteiger partial charge in [-0.25, -0.2) is 0 Å². The van der Waals surface area contributed by atoms with Crippen LogP contribution in [0.2, 0.25) is 0 Å². The Morgan fingerprint density at radius 2 is 2.45 bits per heavy atom. The fourth-order valence-corrected chi connectivity index (χ4v) is 0.606. The number of rotatable bonds is 3. The highest BCUT2D eigenvalue weighted by molar-refractivity contribution is 6.29. The van der Waals surface area contributed by atoms with E-state index in [1.165, 1.54) is 0 Å². The van der Waals surface area contributed by atoms with E-state index in [4.69, 9.17) is 16.0 Å². The van der Waals surface area contributed by atoms with E-state index in [1.807, 2.05) is 0 Å². The lowest BCUT2D eigenvalue weighted by atomic mass is 10.6. The van der Waals surface area contributed by atoms with E-state index in [0.29, 0.717) is 23.5 Å². The maximum absolute atomic E-state index is 5.49. The summed E-state index contributed by atoms with van der Waals surface area (Å²) in [4.78, 5) is 0. The van der Waals surface area contributed by atoms with E-state index in [0.717, 1.165) is 0 Å². The van der Waals surface area contributed by atoms with Gasteiger partial charge in [-0.05, 0) is 0 Å². The average Bonchev–Trinajstić information content (AvgIpc) is 2.31. The van der Waals surface area contributed by atoms with E-state index in [9.17, 15) is 0 Å². The fraction of sp³-hybridized carbons (Fsp3) is 0.333. The molecule has 0 bridgehead atoms. The summed E-state index contributed by atoms with van der Waals surface area (Å²) in [6.45, 7) is 5.64. The van der Waals surface area contributed by atoms with Crippen LogP contribution in [-0.4, -0.2) is 16.7 Å². The SMILES string of the molecule is C=C(Cl)CNc1nnc(C)o1. The van der Waals surface area contributed by atoms with Crippen LogP contribution in [0.4, 0.5) is 6.01 Å². The van der Waals surface area contributed by atoms with Crippen LogP contribution < -0.4 is 5.32 Å². The van der Waals surface area contributed by atoms with Crippen LogP contribution in [0.3, 0.4) is 0 Å². The van der Waals surface area contributed by atoms with Gasteiger partial charge in [-0.2, -0.15) is 0 Å². The standard InChI is InChI=1S/C6H8ClN3O/c1-4(7)3-8-6-10-9-5(2)11-6/h1,3H2,2H3,(H,8,10). The van der Waals surface area contributed by atoms with Gasteiger partial charge in [-0.3, -0.25) is 0 Å². The molecule has 11 heavy (non-hydrogen) atoms. The van der Waals surface area contributed by atoms with Crippen LogP contribution >= 0.6 is 11.6 Å². The molecule has 4 nitrogen and oxygen atoms in total. The summed E-state index contributed by atoms with van der Waals surface area (Å²) in [7, 11) is 0. The van der Waals surface area contributed by atoms with Gasteiger partial charge < -0.3 is 9.73 Å². The lowest BCUT2D eigenvalue weighted by molar-refractivity contribution is 0.532. The van der Waals surface area contributed by atoms with Gasteiger partial charge in [0.05, 0.1) is 6.54 Å². The first-order chi connectivity index (χ1) is 5.18. The molecule has 0 aromatic carbocycles. The second kappa shape index (κ2) is 3.39. The zero-order valence-corrected chi connectivity index (χ0v) is 6.85. The monoisotopic (exact) mass is 173 g/mol. The number of nitrogens with zero attached hydrogens (tertiary/aromatic N) is 2. The number of hydrogen-bond donors (Lipinski definition) is 1. The summed E-state index contributed by atoms with van der Waals surface area (Å²) in [5.74, 6) is 0.521. The number of halogens is 1. The Morgan fingerprint density at radius 3 is 2.91 bits per heavy atom. The van der Waals surface area contributed by atoms with Gasteiger partial charge in [0, 0.05) is 12.0 Å². The Bertz CT molecular complexity index is 258. The first-order valence-corrected chi connectivity index (χ1v) is 3.43. The molecule has 0 aliphatic heterocycles. The molecule has 1 N–H and O–H groups in total. The van der Waals surface area contributed by atoms with Gasteiger partial charge >= 0.3 is 6.01 Å². The zero-order chi connectivity index (χ0) is 8.27. The minimum atomic E-state index is 0.365. The zero-order valence-electron chi connectivity index (χ0n) is 6.09. The lowest BCUT2D eigenvalue weighted by Crippen LogP contribution is -2.00. The molecule has 0 spiro atoms. The van der Waals surface area contributed by atoms with Crippen molar-refractivity contribution in [3.63, 3.8) is 0 Å². The Hall–Kier alpha value is -1.03. The fourth-order valence-electron chi connectivity index (χ4n) is 0.540. The molecule has 60 valence electrons. The molecule has 0 fully saturated rings. The van der Waals surface area contributed by atoms with Gasteiger partial charge in [0.15, 0.2) is 0 Å². The molecule has 1 rings (SSSR count). The average molecular weight is 174 g/mol. The summed E-state index contributed by atoms with van der Waals surface area (Å²) >= 11 is 5.49. The van der Waals surface area contributed by atoms with Crippen molar-refractivity contribution < 1.29 is 4.42 Å². The Morgan fingerprint density at radius 1 is 1.73 bits per heavy atom. The van der Waals surface area contributed by atoms with Crippen molar-refractivity contribution in [2.24, 2.45) is 0 Å². The third-order valence-electron chi connectivity index (χ3n) is 0.957. The van der Waals surface area contributed by atoms with Crippen LogP contribution in [0.5, 0.6) is 0 Å². The predicted octanol–water partition coefficient (Wildman–Crippen LogP) is 1.54. The van der Waals surface area contributed by atoms with Crippen molar-refractivity contribution >= 4 is 17.6 Å². The minimum absolute atomic E-state index is 0.365. The van der Waals surface area contributed by atoms with Gasteiger partial charge in [-0.1, -0.05) is 23.3 Å². The molecular weight excluding hydrogens is 166 g/mol. The van der Waals surface area contributed by atoms with Crippen LogP contribution in [0.1, 0.15) is 5.89 Å². The molecule has 1 heterocycles. The van der Waals surface area contributed by atoms with E-state index < -0.39 is 0 Å². The molecule has 0 amide bonds. The summed E-state index contributed by atoms with van der Waals surface area (Å²) in [6, 6.07) is 0.365. The summed E-state index contributed by atoms with van der Waals surface area (Å²) in [5.41, 5.74) is 0. The molecule has 1 aromatic rings. The number of hydrogen-bond acceptors (Lipinski definition) is 4. The number of aromatic nitrogens is 2. The molecule has 0 unspecified atom stereocenters. The summed E-state index contributed by atoms with van der Waals surface area (Å²) in [6.07, 6.45) is 0. The number of anilines is 1. The van der Waals surface area contributed by atoms with Crippen molar-refractivity contribution in [1.82, 2.24) is 10.2 Å². The molecule has 1 aromatic heterocycles. The maximum atomic E-state index is 5.49. The smallest absolute Gasteiger partial charge is 0.315 e. The summed E-state index contributed by atoms with van der Waals surface area (Å²) < 4.78 is 5.00. The highest BCUT2D eigenvalue weighted by Crippen LogP contribution is 2.05. The van der Waals surface area contributed by atoms with Crippen molar-refractivity contribution in [1.29, 1.82) is 0 Å². The second-order valence-corrected chi connectivity index (χ2v) is 2.53. The lowest BCUT2D eigenvalue weighted by Gasteiger charge is -1.95. The molecule has 0 radical (unpaired) electrons. The van der Waals surface area contributed by atoms with E-state index in [-0.39, 0.29) is 0 Å². The van der Waals surface area contributed by atoms with E-state index >= 15 is 0 Å². The van der Waals surface area contributed by atoms with Gasteiger partial charge in [-0.15, -0.1) is 5.10 Å². The van der Waals surface area contributed by atoms with E-state index in [1.54, 1.807) is 6.92 Å². The summed E-state index contributed by atoms with van der Waals surface area (Å²) in [5, 5.41) is 10.6. The van der Waals surface area contributed by atoms with E-state index in [2.05, 4.69) is 22.1 Å². The molecule has 0 saturated heterocycles. The first-order valence-electron chi connectivity index (χ1n) is 3.06. The van der Waals surface area contributed by atoms with Crippen LogP contribution in [0.25, 0.3) is 0 Å². The third-order valence-corrected chi connectivity index (χ3v) is 1.09. The molecule has 0 aliphatic rings. The highest BCUT2D eigenvalue weighted by Gasteiger charge is 1.99. The Labute approximate surface area is 69.3 Å². The van der Waals surface area contributed by atoms with Crippen molar-refractivity contribution in [3.8, 4) is 0 Å². The Balaban J connectivity index is 2.45. The van der Waals surface area contributed by atoms with Crippen molar-refractivity contribution in [2.45, 2.75) is 6.92 Å². The van der Waals surface area contributed by atoms with Crippen LogP contribution in [0, 0.1) is 6.92 Å². The normalized spacial score (nSPS) is 9.64.